The summed E-state index contributed by atoms with van der Waals surface area (Å²) in [4.78, 5) is 8.62. The van der Waals surface area contributed by atoms with Crippen molar-refractivity contribution in [2.45, 2.75) is 26.4 Å². The number of hydrogen-bond donors (Lipinski definition) is 1. The van der Waals surface area contributed by atoms with Gasteiger partial charge in [0, 0.05) is 23.5 Å². The zero-order chi connectivity index (χ0) is 14.8. The molecule has 0 bridgehead atoms. The number of aliphatic hydroxyl groups is 1. The fraction of sp³-hybridized carbons (Fsp3) is 0.222. The van der Waals surface area contributed by atoms with Crippen molar-refractivity contribution in [2.75, 3.05) is 0 Å². The number of aliphatic hydroxyl groups excluding tert-OH is 1. The Morgan fingerprint density at radius 1 is 1.14 bits per heavy atom. The van der Waals surface area contributed by atoms with Crippen LogP contribution in [-0.4, -0.2) is 15.1 Å². The summed E-state index contributed by atoms with van der Waals surface area (Å²) in [5, 5.41) is 11.7. The highest BCUT2D eigenvalue weighted by molar-refractivity contribution is 5.79. The van der Waals surface area contributed by atoms with Crippen LogP contribution in [0.4, 0.5) is 0 Å². The zero-order valence-electron chi connectivity index (χ0n) is 12.2. The van der Waals surface area contributed by atoms with Crippen molar-refractivity contribution >= 4 is 10.9 Å². The largest absolute Gasteiger partial charge is 0.384 e. The SMILES string of the molecule is CCc1cnccc1C(O)c1ccc2nc(C)ccc2c1. The van der Waals surface area contributed by atoms with Crippen LogP contribution in [-0.2, 0) is 6.42 Å². The summed E-state index contributed by atoms with van der Waals surface area (Å²) in [6.07, 6.45) is 3.77. The molecule has 3 heteroatoms. The monoisotopic (exact) mass is 278 g/mol. The average Bonchev–Trinajstić information content (AvgIpc) is 2.53. The summed E-state index contributed by atoms with van der Waals surface area (Å²) in [7, 11) is 0. The van der Waals surface area contributed by atoms with Crippen LogP contribution in [0.1, 0.15) is 35.4 Å². The number of aryl methyl sites for hydroxylation is 2. The van der Waals surface area contributed by atoms with Crippen LogP contribution in [0.2, 0.25) is 0 Å². The van der Waals surface area contributed by atoms with Gasteiger partial charge in [-0.3, -0.25) is 9.97 Å². The molecule has 0 amide bonds. The smallest absolute Gasteiger partial charge is 0.104 e. The van der Waals surface area contributed by atoms with Gasteiger partial charge in [-0.15, -0.1) is 0 Å². The summed E-state index contributed by atoms with van der Waals surface area (Å²) >= 11 is 0. The minimum Gasteiger partial charge on any atom is -0.384 e. The van der Waals surface area contributed by atoms with Gasteiger partial charge in [0.2, 0.25) is 0 Å². The Bertz CT molecular complexity index is 783. The van der Waals surface area contributed by atoms with Gasteiger partial charge in [0.15, 0.2) is 0 Å². The van der Waals surface area contributed by atoms with Crippen molar-refractivity contribution in [3.8, 4) is 0 Å². The minimum absolute atomic E-state index is 0.631. The Kier molecular flexibility index (Phi) is 3.67. The molecule has 0 saturated heterocycles. The van der Waals surface area contributed by atoms with E-state index in [4.69, 9.17) is 0 Å². The number of pyridine rings is 2. The maximum Gasteiger partial charge on any atom is 0.104 e. The highest BCUT2D eigenvalue weighted by Gasteiger charge is 2.14. The minimum atomic E-state index is -0.631. The molecule has 0 fully saturated rings. The Hall–Kier alpha value is -2.26. The number of aromatic nitrogens is 2. The normalized spacial score (nSPS) is 12.5. The third kappa shape index (κ3) is 2.65. The van der Waals surface area contributed by atoms with Gasteiger partial charge in [0.25, 0.3) is 0 Å². The van der Waals surface area contributed by atoms with E-state index in [0.717, 1.165) is 39.7 Å². The summed E-state index contributed by atoms with van der Waals surface area (Å²) in [6, 6.07) is 11.8. The van der Waals surface area contributed by atoms with Gasteiger partial charge in [0.05, 0.1) is 5.52 Å². The van der Waals surface area contributed by atoms with E-state index < -0.39 is 6.10 Å². The lowest BCUT2D eigenvalue weighted by atomic mass is 9.96. The molecule has 21 heavy (non-hydrogen) atoms. The Morgan fingerprint density at radius 2 is 2.00 bits per heavy atom. The number of hydrogen-bond acceptors (Lipinski definition) is 3. The molecule has 2 heterocycles. The molecule has 3 nitrogen and oxygen atoms in total. The van der Waals surface area contributed by atoms with Gasteiger partial charge in [-0.05, 0) is 54.3 Å². The molecule has 1 aromatic carbocycles. The lowest BCUT2D eigenvalue weighted by Crippen LogP contribution is -2.04. The summed E-state index contributed by atoms with van der Waals surface area (Å²) < 4.78 is 0. The lowest BCUT2D eigenvalue weighted by Gasteiger charge is -2.15. The van der Waals surface area contributed by atoms with Crippen molar-refractivity contribution in [3.63, 3.8) is 0 Å². The molecule has 0 aliphatic heterocycles. The second kappa shape index (κ2) is 5.62. The van der Waals surface area contributed by atoms with Crippen molar-refractivity contribution in [1.29, 1.82) is 0 Å². The van der Waals surface area contributed by atoms with Crippen LogP contribution in [0.3, 0.4) is 0 Å². The third-order valence-corrected chi connectivity index (χ3v) is 3.79. The first-order chi connectivity index (χ1) is 10.2. The average molecular weight is 278 g/mol. The molecule has 0 radical (unpaired) electrons. The molecule has 1 unspecified atom stereocenters. The van der Waals surface area contributed by atoms with Crippen LogP contribution >= 0.6 is 0 Å². The fourth-order valence-corrected chi connectivity index (χ4v) is 2.60. The Morgan fingerprint density at radius 3 is 2.81 bits per heavy atom. The topological polar surface area (TPSA) is 46.0 Å². The highest BCUT2D eigenvalue weighted by Crippen LogP contribution is 2.27. The maximum atomic E-state index is 10.7. The summed E-state index contributed by atoms with van der Waals surface area (Å²) in [6.45, 7) is 4.05. The van der Waals surface area contributed by atoms with E-state index in [1.54, 1.807) is 6.20 Å². The first-order valence-electron chi connectivity index (χ1n) is 7.17. The van der Waals surface area contributed by atoms with Gasteiger partial charge < -0.3 is 5.11 Å². The van der Waals surface area contributed by atoms with E-state index in [2.05, 4.69) is 16.9 Å². The molecule has 1 atom stereocenters. The van der Waals surface area contributed by atoms with Crippen molar-refractivity contribution in [2.24, 2.45) is 0 Å². The molecule has 3 aromatic rings. The van der Waals surface area contributed by atoms with Crippen LogP contribution in [0, 0.1) is 6.92 Å². The van der Waals surface area contributed by atoms with E-state index in [0.29, 0.717) is 0 Å². The van der Waals surface area contributed by atoms with E-state index in [1.807, 2.05) is 49.5 Å². The van der Waals surface area contributed by atoms with E-state index in [1.165, 1.54) is 0 Å². The van der Waals surface area contributed by atoms with Gasteiger partial charge in [-0.2, -0.15) is 0 Å². The number of benzene rings is 1. The third-order valence-electron chi connectivity index (χ3n) is 3.79. The highest BCUT2D eigenvalue weighted by atomic mass is 16.3. The second-order valence-electron chi connectivity index (χ2n) is 5.24. The Balaban J connectivity index is 2.05. The van der Waals surface area contributed by atoms with Gasteiger partial charge >= 0.3 is 0 Å². The summed E-state index contributed by atoms with van der Waals surface area (Å²) in [5.74, 6) is 0. The fourth-order valence-electron chi connectivity index (χ4n) is 2.60. The first-order valence-corrected chi connectivity index (χ1v) is 7.17. The molecular formula is C18H18N2O. The molecule has 3 rings (SSSR count). The molecule has 0 aliphatic carbocycles. The summed E-state index contributed by atoms with van der Waals surface area (Å²) in [5.41, 5.74) is 4.84. The Labute approximate surface area is 124 Å². The van der Waals surface area contributed by atoms with Crippen LogP contribution in [0.15, 0.2) is 48.8 Å². The van der Waals surface area contributed by atoms with Crippen LogP contribution in [0.25, 0.3) is 10.9 Å². The van der Waals surface area contributed by atoms with Gasteiger partial charge in [-0.1, -0.05) is 19.1 Å². The lowest BCUT2D eigenvalue weighted by molar-refractivity contribution is 0.219. The molecule has 2 aromatic heterocycles. The van der Waals surface area contributed by atoms with Gasteiger partial charge in [-0.25, -0.2) is 0 Å². The molecule has 106 valence electrons. The predicted octanol–water partition coefficient (Wildman–Crippen LogP) is 3.58. The van der Waals surface area contributed by atoms with Crippen LogP contribution in [0.5, 0.6) is 0 Å². The van der Waals surface area contributed by atoms with Crippen LogP contribution < -0.4 is 0 Å². The van der Waals surface area contributed by atoms with Gasteiger partial charge in [0.1, 0.15) is 6.10 Å². The molecular weight excluding hydrogens is 260 g/mol. The van der Waals surface area contributed by atoms with Crippen molar-refractivity contribution < 1.29 is 5.11 Å². The standard InChI is InChI=1S/C18H18N2O/c1-3-13-11-19-9-8-16(13)18(21)15-6-7-17-14(10-15)5-4-12(2)20-17/h4-11,18,21H,3H2,1-2H3. The van der Waals surface area contributed by atoms with Crippen molar-refractivity contribution in [1.82, 2.24) is 9.97 Å². The van der Waals surface area contributed by atoms with E-state index >= 15 is 0 Å². The first kappa shape index (κ1) is 13.7. The quantitative estimate of drug-likeness (QED) is 0.796. The second-order valence-corrected chi connectivity index (χ2v) is 5.24. The number of nitrogens with zero attached hydrogens (tertiary/aromatic N) is 2. The maximum absolute atomic E-state index is 10.7. The van der Waals surface area contributed by atoms with E-state index in [9.17, 15) is 5.11 Å². The molecule has 0 saturated carbocycles. The molecule has 1 N–H and O–H groups in total. The van der Waals surface area contributed by atoms with E-state index in [-0.39, 0.29) is 0 Å². The number of fused-ring (bicyclic) bond motifs is 1. The molecule has 0 spiro atoms. The molecule has 0 aliphatic rings. The zero-order valence-corrected chi connectivity index (χ0v) is 12.2. The van der Waals surface area contributed by atoms with Crippen molar-refractivity contribution in [3.05, 3.63) is 71.2 Å². The number of rotatable bonds is 3. The predicted molar refractivity (Wildman–Crippen MR) is 84.2 cm³/mol.